The molecule has 33 heavy (non-hydrogen) atoms. The maximum absolute atomic E-state index is 13.1. The molecule has 1 heterocycles. The van der Waals surface area contributed by atoms with Crippen molar-refractivity contribution in [3.8, 4) is 10.6 Å². The third-order valence-electron chi connectivity index (χ3n) is 4.75. The van der Waals surface area contributed by atoms with Crippen LogP contribution in [0.4, 0.5) is 5.13 Å². The largest absolute Gasteiger partial charge is 0.340 e. The third-order valence-corrected chi connectivity index (χ3v) is 6.56. The van der Waals surface area contributed by atoms with Crippen LogP contribution in [0.1, 0.15) is 15.9 Å². The molecule has 9 heteroatoms. The van der Waals surface area contributed by atoms with Gasteiger partial charge in [0.05, 0.1) is 5.56 Å². The summed E-state index contributed by atoms with van der Waals surface area (Å²) in [5, 5.41) is 15.4. The number of hydrogen-bond donors (Lipinski definition) is 2. The number of carbonyl (C=O) groups is 2. The number of carbonyl (C=O) groups excluding carboxylic acids is 2. The molecule has 4 aromatic rings. The van der Waals surface area contributed by atoms with Gasteiger partial charge < -0.3 is 5.32 Å². The molecule has 0 aliphatic rings. The first-order valence-electron chi connectivity index (χ1n) is 9.99. The summed E-state index contributed by atoms with van der Waals surface area (Å²) in [6.45, 7) is 0. The average Bonchev–Trinajstić information content (AvgIpc) is 3.28. The second-order valence-electron chi connectivity index (χ2n) is 7.11. The minimum Gasteiger partial charge on any atom is -0.340 e. The Labute approximate surface area is 208 Å². The molecule has 0 saturated carbocycles. The summed E-state index contributed by atoms with van der Waals surface area (Å²) >= 11 is 10.7. The maximum atomic E-state index is 13.1. The molecule has 0 radical (unpaired) electrons. The lowest BCUT2D eigenvalue weighted by Gasteiger charge is -2.18. The number of halogens is 2. The normalized spacial score (nSPS) is 11.6. The molecule has 2 amide bonds. The summed E-state index contributed by atoms with van der Waals surface area (Å²) in [5.74, 6) is -0.733. The Morgan fingerprint density at radius 2 is 1.73 bits per heavy atom. The molecule has 1 atom stereocenters. The van der Waals surface area contributed by atoms with Gasteiger partial charge in [-0.3, -0.25) is 14.9 Å². The number of amides is 2. The molecule has 3 aromatic carbocycles. The highest BCUT2D eigenvalue weighted by molar-refractivity contribution is 9.10. The van der Waals surface area contributed by atoms with E-state index in [2.05, 4.69) is 36.8 Å². The smallest absolute Gasteiger partial charge is 0.253 e. The Bertz CT molecular complexity index is 1280. The van der Waals surface area contributed by atoms with E-state index in [1.165, 1.54) is 11.3 Å². The van der Waals surface area contributed by atoms with Crippen molar-refractivity contribution in [1.29, 1.82) is 0 Å². The summed E-state index contributed by atoms with van der Waals surface area (Å²) in [6, 6.07) is 23.0. The van der Waals surface area contributed by atoms with Crippen LogP contribution in [-0.4, -0.2) is 28.1 Å². The molecule has 0 spiro atoms. The molecule has 0 aliphatic carbocycles. The fraction of sp³-hybridized carbons (Fsp3) is 0.0833. The van der Waals surface area contributed by atoms with Crippen molar-refractivity contribution in [3.63, 3.8) is 0 Å². The molecule has 4 rings (SSSR count). The predicted octanol–water partition coefficient (Wildman–Crippen LogP) is 5.60. The van der Waals surface area contributed by atoms with E-state index in [1.807, 2.05) is 48.5 Å². The lowest BCUT2D eigenvalue weighted by molar-refractivity contribution is -0.118. The predicted molar refractivity (Wildman–Crippen MR) is 135 cm³/mol. The number of nitrogens with zero attached hydrogens (tertiary/aromatic N) is 2. The Balaban J connectivity index is 1.53. The van der Waals surface area contributed by atoms with Crippen molar-refractivity contribution in [2.45, 2.75) is 12.5 Å². The summed E-state index contributed by atoms with van der Waals surface area (Å²) in [5.41, 5.74) is 2.17. The van der Waals surface area contributed by atoms with Crippen molar-refractivity contribution >= 4 is 55.8 Å². The average molecular weight is 542 g/mol. The van der Waals surface area contributed by atoms with E-state index in [0.717, 1.165) is 11.1 Å². The van der Waals surface area contributed by atoms with Crippen molar-refractivity contribution in [1.82, 2.24) is 15.5 Å². The van der Waals surface area contributed by atoms with Crippen LogP contribution in [0.15, 0.2) is 83.3 Å². The van der Waals surface area contributed by atoms with Crippen LogP contribution in [0.25, 0.3) is 10.6 Å². The van der Waals surface area contributed by atoms with Gasteiger partial charge in [-0.1, -0.05) is 77.5 Å². The zero-order valence-corrected chi connectivity index (χ0v) is 20.3. The second-order valence-corrected chi connectivity index (χ2v) is 9.38. The van der Waals surface area contributed by atoms with Crippen molar-refractivity contribution in [2.75, 3.05) is 5.32 Å². The van der Waals surface area contributed by atoms with E-state index in [4.69, 9.17) is 11.6 Å². The van der Waals surface area contributed by atoms with Crippen molar-refractivity contribution in [2.24, 2.45) is 0 Å². The molecule has 0 unspecified atom stereocenters. The van der Waals surface area contributed by atoms with Crippen LogP contribution in [0.2, 0.25) is 5.02 Å². The van der Waals surface area contributed by atoms with Crippen molar-refractivity contribution < 1.29 is 9.59 Å². The summed E-state index contributed by atoms with van der Waals surface area (Å²) in [7, 11) is 0. The number of hydrogen-bond acceptors (Lipinski definition) is 5. The minimum atomic E-state index is -0.814. The first-order chi connectivity index (χ1) is 16.0. The number of nitrogens with one attached hydrogen (secondary N) is 2. The standard InChI is InChI=1S/C24H18BrClN4O2S/c25-19-12-5-4-11-18(19)21(31)27-20(13-15-7-2-1-3-8-15)22(32)28-24-30-29-23(33-24)16-9-6-10-17(26)14-16/h1-12,14,20H,13H2,(H,27,31)(H,28,30,32)/t20-/m1/s1. The summed E-state index contributed by atoms with van der Waals surface area (Å²) in [6.07, 6.45) is 0.322. The Kier molecular flexibility index (Phi) is 7.49. The van der Waals surface area contributed by atoms with E-state index in [9.17, 15) is 9.59 Å². The van der Waals surface area contributed by atoms with Gasteiger partial charge in [-0.05, 0) is 45.8 Å². The van der Waals surface area contributed by atoms with Crippen molar-refractivity contribution in [3.05, 3.63) is 99.5 Å². The zero-order valence-electron chi connectivity index (χ0n) is 17.2. The molecule has 166 valence electrons. The van der Waals surface area contributed by atoms with E-state index >= 15 is 0 Å². The highest BCUT2D eigenvalue weighted by Gasteiger charge is 2.24. The van der Waals surface area contributed by atoms with Crippen LogP contribution < -0.4 is 10.6 Å². The van der Waals surface area contributed by atoms with E-state index in [0.29, 0.717) is 31.6 Å². The fourth-order valence-corrected chi connectivity index (χ4v) is 4.54. The van der Waals surface area contributed by atoms with Crippen LogP contribution in [0, 0.1) is 0 Å². The monoisotopic (exact) mass is 540 g/mol. The number of benzene rings is 3. The van der Waals surface area contributed by atoms with Gasteiger partial charge in [-0.2, -0.15) is 0 Å². The fourth-order valence-electron chi connectivity index (χ4n) is 3.14. The molecule has 0 aliphatic heterocycles. The van der Waals surface area contributed by atoms with Gasteiger partial charge in [-0.15, -0.1) is 10.2 Å². The SMILES string of the molecule is O=C(N[C@H](Cc1ccccc1)C(=O)Nc1nnc(-c2cccc(Cl)c2)s1)c1ccccc1Br. The Morgan fingerprint density at radius 1 is 0.970 bits per heavy atom. The molecule has 0 fully saturated rings. The van der Waals surface area contributed by atoms with E-state index in [-0.39, 0.29) is 11.8 Å². The van der Waals surface area contributed by atoms with E-state index < -0.39 is 6.04 Å². The first kappa shape index (κ1) is 23.1. The van der Waals surface area contributed by atoms with E-state index in [1.54, 1.807) is 30.3 Å². The van der Waals surface area contributed by atoms with Crippen LogP contribution >= 0.6 is 38.9 Å². The molecule has 2 N–H and O–H groups in total. The van der Waals surface area contributed by atoms with Crippen LogP contribution in [0.5, 0.6) is 0 Å². The lowest BCUT2D eigenvalue weighted by Crippen LogP contribution is -2.45. The van der Waals surface area contributed by atoms with Gasteiger partial charge in [0.1, 0.15) is 11.0 Å². The maximum Gasteiger partial charge on any atom is 0.253 e. The van der Waals surface area contributed by atoms with Gasteiger partial charge in [0, 0.05) is 21.5 Å². The van der Waals surface area contributed by atoms with Gasteiger partial charge in [0.15, 0.2) is 0 Å². The zero-order chi connectivity index (χ0) is 23.2. The topological polar surface area (TPSA) is 84.0 Å². The molecular weight excluding hydrogens is 524 g/mol. The Hall–Kier alpha value is -3.07. The van der Waals surface area contributed by atoms with Gasteiger partial charge in [-0.25, -0.2) is 0 Å². The quantitative estimate of drug-likeness (QED) is 0.319. The number of rotatable bonds is 7. The summed E-state index contributed by atoms with van der Waals surface area (Å²) < 4.78 is 0.650. The molecule has 6 nitrogen and oxygen atoms in total. The first-order valence-corrected chi connectivity index (χ1v) is 12.0. The third kappa shape index (κ3) is 6.04. The summed E-state index contributed by atoms with van der Waals surface area (Å²) in [4.78, 5) is 26.0. The molecule has 0 bridgehead atoms. The minimum absolute atomic E-state index is 0.322. The number of anilines is 1. The van der Waals surface area contributed by atoms with Crippen LogP contribution in [0.3, 0.4) is 0 Å². The highest BCUT2D eigenvalue weighted by atomic mass is 79.9. The highest BCUT2D eigenvalue weighted by Crippen LogP contribution is 2.28. The van der Waals surface area contributed by atoms with Gasteiger partial charge in [0.2, 0.25) is 11.0 Å². The second kappa shape index (κ2) is 10.7. The lowest BCUT2D eigenvalue weighted by atomic mass is 10.0. The molecule has 1 aromatic heterocycles. The molecular formula is C24H18BrClN4O2S. The van der Waals surface area contributed by atoms with Gasteiger partial charge in [0.25, 0.3) is 5.91 Å². The molecule has 0 saturated heterocycles. The Morgan fingerprint density at radius 3 is 2.48 bits per heavy atom. The van der Waals surface area contributed by atoms with Crippen LogP contribution in [-0.2, 0) is 11.2 Å². The van der Waals surface area contributed by atoms with Gasteiger partial charge >= 0.3 is 0 Å². The number of aromatic nitrogens is 2.